The van der Waals surface area contributed by atoms with Crippen LogP contribution in [-0.2, 0) is 4.79 Å². The minimum Gasteiger partial charge on any atom is -0.494 e. The number of hydrogen-bond acceptors (Lipinski definition) is 2. The van der Waals surface area contributed by atoms with Gasteiger partial charge in [0.2, 0.25) is 0 Å². The first-order valence-electron chi connectivity index (χ1n) is 8.15. The third-order valence-electron chi connectivity index (χ3n) is 4.12. The van der Waals surface area contributed by atoms with Crippen LogP contribution in [0.1, 0.15) is 36.5 Å². The van der Waals surface area contributed by atoms with Crippen LogP contribution < -0.4 is 10.1 Å². The molecule has 1 heterocycles. The first-order valence-corrected chi connectivity index (χ1v) is 8.95. The fourth-order valence-electron chi connectivity index (χ4n) is 2.74. The van der Waals surface area contributed by atoms with E-state index >= 15 is 0 Å². The van der Waals surface area contributed by atoms with E-state index in [-0.39, 0.29) is 5.91 Å². The molecule has 1 aliphatic heterocycles. The molecular formula is C20H20BrNO2. The molecule has 0 saturated heterocycles. The van der Waals surface area contributed by atoms with Crippen molar-refractivity contribution in [2.45, 2.75) is 26.7 Å². The summed E-state index contributed by atoms with van der Waals surface area (Å²) in [6.07, 6.45) is 4.10. The molecule has 0 aliphatic carbocycles. The van der Waals surface area contributed by atoms with Crippen LogP contribution in [-0.4, -0.2) is 12.5 Å². The zero-order valence-electron chi connectivity index (χ0n) is 13.9. The van der Waals surface area contributed by atoms with Gasteiger partial charge in [0.05, 0.1) is 6.61 Å². The van der Waals surface area contributed by atoms with Crippen LogP contribution >= 0.6 is 15.9 Å². The minimum atomic E-state index is -0.0607. The Bertz CT molecular complexity index is 794. The molecule has 0 bridgehead atoms. The number of benzene rings is 2. The first kappa shape index (κ1) is 16.8. The molecule has 2 aromatic carbocycles. The molecule has 1 amide bonds. The average molecular weight is 386 g/mol. The summed E-state index contributed by atoms with van der Waals surface area (Å²) >= 11 is 3.54. The maximum atomic E-state index is 12.3. The number of carbonyl (C=O) groups excluding carboxylic acids is 1. The number of anilines is 1. The lowest BCUT2D eigenvalue weighted by atomic mass is 9.99. The van der Waals surface area contributed by atoms with E-state index in [9.17, 15) is 4.79 Å². The molecule has 3 nitrogen and oxygen atoms in total. The predicted molar refractivity (Wildman–Crippen MR) is 102 cm³/mol. The van der Waals surface area contributed by atoms with E-state index in [1.54, 1.807) is 0 Å². The molecule has 1 N–H and O–H groups in total. The molecule has 0 fully saturated rings. The predicted octanol–water partition coefficient (Wildman–Crippen LogP) is 5.43. The standard InChI is InChI=1S/C20H20BrNO2/c1-3-4-11-24-15-7-5-14(6-8-15)12-16-19-13(2)17(21)9-10-18(19)22-20(16)23/h5-10,12H,3-4,11H2,1-2H3,(H,22,23). The summed E-state index contributed by atoms with van der Waals surface area (Å²) in [4.78, 5) is 12.3. The molecule has 2 aromatic rings. The Morgan fingerprint density at radius 1 is 1.17 bits per heavy atom. The molecule has 0 atom stereocenters. The molecule has 124 valence electrons. The van der Waals surface area contributed by atoms with Crippen molar-refractivity contribution in [3.8, 4) is 5.75 Å². The van der Waals surface area contributed by atoms with E-state index in [1.165, 1.54) is 0 Å². The van der Waals surface area contributed by atoms with Crippen molar-refractivity contribution in [3.05, 3.63) is 57.6 Å². The summed E-state index contributed by atoms with van der Waals surface area (Å²) in [5.74, 6) is 0.801. The van der Waals surface area contributed by atoms with Gasteiger partial charge in [-0.2, -0.15) is 0 Å². The smallest absolute Gasteiger partial charge is 0.256 e. The van der Waals surface area contributed by atoms with Crippen LogP contribution in [0.2, 0.25) is 0 Å². The van der Waals surface area contributed by atoms with E-state index in [0.29, 0.717) is 5.57 Å². The van der Waals surface area contributed by atoms with Gasteiger partial charge in [0, 0.05) is 21.3 Å². The van der Waals surface area contributed by atoms with Gasteiger partial charge in [-0.25, -0.2) is 0 Å². The Balaban J connectivity index is 1.87. The van der Waals surface area contributed by atoms with Crippen molar-refractivity contribution in [2.24, 2.45) is 0 Å². The minimum absolute atomic E-state index is 0.0607. The van der Waals surface area contributed by atoms with E-state index in [0.717, 1.165) is 52.0 Å². The lowest BCUT2D eigenvalue weighted by Crippen LogP contribution is -2.03. The highest BCUT2D eigenvalue weighted by Gasteiger charge is 2.26. The fourth-order valence-corrected chi connectivity index (χ4v) is 3.07. The van der Waals surface area contributed by atoms with E-state index in [4.69, 9.17) is 4.74 Å². The zero-order valence-corrected chi connectivity index (χ0v) is 15.4. The fraction of sp³-hybridized carbons (Fsp3) is 0.250. The van der Waals surface area contributed by atoms with Crippen LogP contribution in [0.25, 0.3) is 11.6 Å². The monoisotopic (exact) mass is 385 g/mol. The molecule has 4 heteroatoms. The topological polar surface area (TPSA) is 38.3 Å². The van der Waals surface area contributed by atoms with E-state index in [2.05, 4.69) is 28.2 Å². The SMILES string of the molecule is CCCCOc1ccc(C=C2C(=O)Nc3ccc(Br)c(C)c32)cc1. The number of amides is 1. The third-order valence-corrected chi connectivity index (χ3v) is 4.98. The van der Waals surface area contributed by atoms with Gasteiger partial charge in [0.1, 0.15) is 5.75 Å². The van der Waals surface area contributed by atoms with Crippen molar-refractivity contribution in [1.29, 1.82) is 0 Å². The molecular weight excluding hydrogens is 366 g/mol. The Morgan fingerprint density at radius 3 is 2.62 bits per heavy atom. The summed E-state index contributed by atoms with van der Waals surface area (Å²) in [5.41, 5.74) is 4.58. The number of rotatable bonds is 5. The molecule has 0 radical (unpaired) electrons. The molecule has 24 heavy (non-hydrogen) atoms. The quantitative estimate of drug-likeness (QED) is 0.550. The van der Waals surface area contributed by atoms with Gasteiger partial charge in [0.25, 0.3) is 5.91 Å². The lowest BCUT2D eigenvalue weighted by molar-refractivity contribution is -0.110. The number of unbranched alkanes of at least 4 members (excludes halogenated alkanes) is 1. The first-order chi connectivity index (χ1) is 11.6. The lowest BCUT2D eigenvalue weighted by Gasteiger charge is -2.07. The van der Waals surface area contributed by atoms with Crippen LogP contribution in [0.4, 0.5) is 5.69 Å². The van der Waals surface area contributed by atoms with Crippen molar-refractivity contribution < 1.29 is 9.53 Å². The highest BCUT2D eigenvalue weighted by molar-refractivity contribution is 9.10. The van der Waals surface area contributed by atoms with Crippen LogP contribution in [0.3, 0.4) is 0 Å². The summed E-state index contributed by atoms with van der Waals surface area (Å²) < 4.78 is 6.68. The number of carbonyl (C=O) groups is 1. The van der Waals surface area contributed by atoms with Crippen molar-refractivity contribution in [2.75, 3.05) is 11.9 Å². The summed E-state index contributed by atoms with van der Waals surface area (Å²) in [5, 5.41) is 2.93. The Hall–Kier alpha value is -2.07. The van der Waals surface area contributed by atoms with Crippen LogP contribution in [0.15, 0.2) is 40.9 Å². The maximum Gasteiger partial charge on any atom is 0.256 e. The van der Waals surface area contributed by atoms with E-state index < -0.39 is 0 Å². The van der Waals surface area contributed by atoms with E-state index in [1.807, 2.05) is 49.4 Å². The summed E-state index contributed by atoms with van der Waals surface area (Å²) in [7, 11) is 0. The van der Waals surface area contributed by atoms with Gasteiger partial charge < -0.3 is 10.1 Å². The van der Waals surface area contributed by atoms with Gasteiger partial charge in [-0.1, -0.05) is 41.4 Å². The second-order valence-corrected chi connectivity index (χ2v) is 6.73. The van der Waals surface area contributed by atoms with Gasteiger partial charge in [-0.3, -0.25) is 4.79 Å². The second-order valence-electron chi connectivity index (χ2n) is 5.88. The van der Waals surface area contributed by atoms with Crippen molar-refractivity contribution in [1.82, 2.24) is 0 Å². The second kappa shape index (κ2) is 7.22. The zero-order chi connectivity index (χ0) is 17.1. The molecule has 0 spiro atoms. The molecule has 3 rings (SSSR count). The Labute approximate surface area is 150 Å². The van der Waals surface area contributed by atoms with Crippen LogP contribution in [0, 0.1) is 6.92 Å². The van der Waals surface area contributed by atoms with Gasteiger partial charge >= 0.3 is 0 Å². The highest BCUT2D eigenvalue weighted by Crippen LogP contribution is 2.38. The van der Waals surface area contributed by atoms with Crippen molar-refractivity contribution >= 4 is 39.2 Å². The number of hydrogen-bond donors (Lipinski definition) is 1. The van der Waals surface area contributed by atoms with Gasteiger partial charge in [-0.05, 0) is 54.8 Å². The highest BCUT2D eigenvalue weighted by atomic mass is 79.9. The Kier molecular flexibility index (Phi) is 5.05. The van der Waals surface area contributed by atoms with Crippen molar-refractivity contribution in [3.63, 3.8) is 0 Å². The molecule has 0 unspecified atom stereocenters. The molecule has 0 saturated carbocycles. The Morgan fingerprint density at radius 2 is 1.92 bits per heavy atom. The maximum absolute atomic E-state index is 12.3. The van der Waals surface area contributed by atoms with Gasteiger partial charge in [-0.15, -0.1) is 0 Å². The molecule has 1 aliphatic rings. The largest absolute Gasteiger partial charge is 0.494 e. The summed E-state index contributed by atoms with van der Waals surface area (Å²) in [6.45, 7) is 4.89. The number of fused-ring (bicyclic) bond motifs is 1. The van der Waals surface area contributed by atoms with Crippen LogP contribution in [0.5, 0.6) is 5.75 Å². The average Bonchev–Trinajstić information content (AvgIpc) is 2.89. The van der Waals surface area contributed by atoms with Gasteiger partial charge in [0.15, 0.2) is 0 Å². The normalized spacial score (nSPS) is 14.6. The molecule has 0 aromatic heterocycles. The summed E-state index contributed by atoms with van der Waals surface area (Å²) in [6, 6.07) is 11.7. The number of halogens is 1. The third kappa shape index (κ3) is 3.39. The number of ether oxygens (including phenoxy) is 1. The number of nitrogens with one attached hydrogen (secondary N) is 1.